The Bertz CT molecular complexity index is 671. The maximum absolute atomic E-state index is 4.42. The molecule has 0 amide bonds. The topological polar surface area (TPSA) is 24.9 Å². The van der Waals surface area contributed by atoms with Crippen molar-refractivity contribution in [1.82, 2.24) is 4.98 Å². The Labute approximate surface area is 113 Å². The zero-order valence-electron chi connectivity index (χ0n) is 10.8. The number of nitrogens with one attached hydrogen (secondary N) is 1. The lowest BCUT2D eigenvalue weighted by Crippen LogP contribution is -1.98. The van der Waals surface area contributed by atoms with Gasteiger partial charge in [0, 0.05) is 30.2 Å². The molecular formula is C17H16N2. The first-order valence-corrected chi connectivity index (χ1v) is 6.92. The molecule has 1 aliphatic heterocycles. The molecule has 1 aromatic heterocycles. The van der Waals surface area contributed by atoms with E-state index in [-0.39, 0.29) is 0 Å². The summed E-state index contributed by atoms with van der Waals surface area (Å²) in [6, 6.07) is 6.72. The first kappa shape index (κ1) is 10.8. The van der Waals surface area contributed by atoms with Gasteiger partial charge in [0.25, 0.3) is 0 Å². The van der Waals surface area contributed by atoms with Crippen molar-refractivity contribution in [1.29, 1.82) is 0 Å². The number of rotatable bonds is 1. The lowest BCUT2D eigenvalue weighted by atomic mass is 9.91. The van der Waals surface area contributed by atoms with E-state index in [9.17, 15) is 0 Å². The molecule has 19 heavy (non-hydrogen) atoms. The van der Waals surface area contributed by atoms with Crippen LogP contribution in [0.1, 0.15) is 23.1 Å². The molecule has 0 atom stereocenters. The number of benzene rings is 1. The summed E-state index contributed by atoms with van der Waals surface area (Å²) >= 11 is 0. The molecule has 2 aromatic rings. The molecule has 0 spiro atoms. The second-order valence-electron chi connectivity index (χ2n) is 5.25. The van der Waals surface area contributed by atoms with Crippen LogP contribution in [0.25, 0.3) is 17.2 Å². The quantitative estimate of drug-likeness (QED) is 0.832. The molecule has 0 saturated heterocycles. The van der Waals surface area contributed by atoms with Gasteiger partial charge in [0.2, 0.25) is 0 Å². The fourth-order valence-electron chi connectivity index (χ4n) is 3.05. The monoisotopic (exact) mass is 248 g/mol. The van der Waals surface area contributed by atoms with E-state index < -0.39 is 0 Å². The molecule has 0 bridgehead atoms. The highest BCUT2D eigenvalue weighted by atomic mass is 14.9. The molecule has 4 rings (SSSR count). The van der Waals surface area contributed by atoms with Crippen molar-refractivity contribution in [2.75, 3.05) is 11.9 Å². The molecule has 2 nitrogen and oxygen atoms in total. The van der Waals surface area contributed by atoms with E-state index in [1.165, 1.54) is 33.5 Å². The molecule has 1 aliphatic carbocycles. The Balaban J connectivity index is 1.87. The summed E-state index contributed by atoms with van der Waals surface area (Å²) in [6.45, 7) is 1.06. The maximum atomic E-state index is 4.42. The van der Waals surface area contributed by atoms with Gasteiger partial charge in [-0.1, -0.05) is 18.2 Å². The van der Waals surface area contributed by atoms with Crippen LogP contribution in [0.5, 0.6) is 0 Å². The molecule has 0 unspecified atom stereocenters. The van der Waals surface area contributed by atoms with Crippen molar-refractivity contribution in [2.45, 2.75) is 19.3 Å². The van der Waals surface area contributed by atoms with Crippen LogP contribution in [0, 0.1) is 0 Å². The third kappa shape index (κ3) is 1.75. The van der Waals surface area contributed by atoms with E-state index in [4.69, 9.17) is 0 Å². The number of anilines is 1. The van der Waals surface area contributed by atoms with Crippen LogP contribution in [-0.4, -0.2) is 11.5 Å². The first-order valence-electron chi connectivity index (χ1n) is 6.92. The van der Waals surface area contributed by atoms with Crippen molar-refractivity contribution in [3.05, 3.63) is 53.4 Å². The predicted octanol–water partition coefficient (Wildman–Crippen LogP) is 3.68. The normalized spacial score (nSPS) is 15.8. The standard InChI is InChI=1S/C17H16N2/c1-2-4-15-14(3-1)10-18-11-16(15)12-5-6-17-13(9-12)7-8-19-17/h2,4-6,9-11,19H,1,3,7-8H2. The lowest BCUT2D eigenvalue weighted by molar-refractivity contribution is 0.972. The second kappa shape index (κ2) is 4.23. The number of nitrogens with zero attached hydrogens (tertiary/aromatic N) is 1. The Morgan fingerprint density at radius 1 is 1.05 bits per heavy atom. The molecule has 2 aliphatic rings. The molecule has 0 saturated carbocycles. The van der Waals surface area contributed by atoms with Crippen molar-refractivity contribution in [2.24, 2.45) is 0 Å². The average molecular weight is 248 g/mol. The van der Waals surface area contributed by atoms with Crippen LogP contribution in [0.15, 0.2) is 36.7 Å². The van der Waals surface area contributed by atoms with Crippen LogP contribution in [0.2, 0.25) is 0 Å². The molecule has 0 radical (unpaired) electrons. The molecule has 0 fully saturated rings. The smallest absolute Gasteiger partial charge is 0.0373 e. The minimum atomic E-state index is 1.06. The van der Waals surface area contributed by atoms with Crippen molar-refractivity contribution in [3.63, 3.8) is 0 Å². The average Bonchev–Trinajstić information content (AvgIpc) is 2.94. The summed E-state index contributed by atoms with van der Waals surface area (Å²) in [6.07, 6.45) is 11.9. The van der Waals surface area contributed by atoms with Crippen molar-refractivity contribution >= 4 is 11.8 Å². The summed E-state index contributed by atoms with van der Waals surface area (Å²) in [5.41, 5.74) is 8.00. The maximum Gasteiger partial charge on any atom is 0.0373 e. The Kier molecular flexibility index (Phi) is 2.41. The van der Waals surface area contributed by atoms with Gasteiger partial charge in [-0.15, -0.1) is 0 Å². The Morgan fingerprint density at radius 2 is 2.05 bits per heavy atom. The highest BCUT2D eigenvalue weighted by Crippen LogP contribution is 2.33. The van der Waals surface area contributed by atoms with Gasteiger partial charge < -0.3 is 5.32 Å². The van der Waals surface area contributed by atoms with Gasteiger partial charge in [0.15, 0.2) is 0 Å². The minimum Gasteiger partial charge on any atom is -0.384 e. The fourth-order valence-corrected chi connectivity index (χ4v) is 3.05. The van der Waals surface area contributed by atoms with Crippen molar-refractivity contribution < 1.29 is 0 Å². The van der Waals surface area contributed by atoms with Crippen LogP contribution in [0.3, 0.4) is 0 Å². The third-order valence-electron chi connectivity index (χ3n) is 4.06. The summed E-state index contributed by atoms with van der Waals surface area (Å²) in [7, 11) is 0. The number of allylic oxidation sites excluding steroid dienone is 1. The largest absolute Gasteiger partial charge is 0.384 e. The van der Waals surface area contributed by atoms with Crippen LogP contribution < -0.4 is 5.32 Å². The first-order chi connectivity index (χ1) is 9.42. The number of hydrogen-bond acceptors (Lipinski definition) is 2. The van der Waals surface area contributed by atoms with E-state index in [0.717, 1.165) is 25.8 Å². The van der Waals surface area contributed by atoms with Gasteiger partial charge in [-0.2, -0.15) is 0 Å². The zero-order valence-corrected chi connectivity index (χ0v) is 10.8. The molecule has 94 valence electrons. The fraction of sp³-hybridized carbons (Fsp3) is 0.235. The summed E-state index contributed by atoms with van der Waals surface area (Å²) in [5.74, 6) is 0. The highest BCUT2D eigenvalue weighted by Gasteiger charge is 2.14. The predicted molar refractivity (Wildman–Crippen MR) is 79.2 cm³/mol. The van der Waals surface area contributed by atoms with E-state index in [1.54, 1.807) is 0 Å². The van der Waals surface area contributed by atoms with E-state index >= 15 is 0 Å². The number of fused-ring (bicyclic) bond motifs is 2. The van der Waals surface area contributed by atoms with Crippen LogP contribution in [-0.2, 0) is 12.8 Å². The Morgan fingerprint density at radius 3 is 3.05 bits per heavy atom. The van der Waals surface area contributed by atoms with E-state index in [0.29, 0.717) is 0 Å². The molecular weight excluding hydrogens is 232 g/mol. The SMILES string of the molecule is C1=Cc2c(cncc2-c2ccc3c(c2)CCN3)CC1. The summed E-state index contributed by atoms with van der Waals surface area (Å²) < 4.78 is 0. The third-order valence-corrected chi connectivity index (χ3v) is 4.06. The van der Waals surface area contributed by atoms with Gasteiger partial charge in [-0.25, -0.2) is 0 Å². The number of hydrogen-bond donors (Lipinski definition) is 1. The number of aromatic nitrogens is 1. The van der Waals surface area contributed by atoms with Gasteiger partial charge >= 0.3 is 0 Å². The molecule has 1 aromatic carbocycles. The van der Waals surface area contributed by atoms with Gasteiger partial charge in [0.05, 0.1) is 0 Å². The molecule has 2 heterocycles. The van der Waals surface area contributed by atoms with Crippen LogP contribution in [0.4, 0.5) is 5.69 Å². The summed E-state index contributed by atoms with van der Waals surface area (Å²) in [4.78, 5) is 4.42. The number of aryl methyl sites for hydroxylation is 1. The van der Waals surface area contributed by atoms with Crippen LogP contribution >= 0.6 is 0 Å². The second-order valence-corrected chi connectivity index (χ2v) is 5.25. The van der Waals surface area contributed by atoms with E-state index in [2.05, 4.69) is 40.7 Å². The molecule has 2 heteroatoms. The Hall–Kier alpha value is -2.09. The zero-order chi connectivity index (χ0) is 12.7. The van der Waals surface area contributed by atoms with Gasteiger partial charge in [-0.3, -0.25) is 4.98 Å². The molecule has 1 N–H and O–H groups in total. The lowest BCUT2D eigenvalue weighted by Gasteiger charge is -2.15. The summed E-state index contributed by atoms with van der Waals surface area (Å²) in [5, 5.41) is 3.41. The van der Waals surface area contributed by atoms with Crippen molar-refractivity contribution in [3.8, 4) is 11.1 Å². The number of pyridine rings is 1. The van der Waals surface area contributed by atoms with Gasteiger partial charge in [0.1, 0.15) is 0 Å². The highest BCUT2D eigenvalue weighted by molar-refractivity contribution is 5.79. The van der Waals surface area contributed by atoms with E-state index in [1.807, 2.05) is 12.4 Å². The van der Waals surface area contributed by atoms with Gasteiger partial charge in [-0.05, 0) is 53.6 Å². The minimum absolute atomic E-state index is 1.06.